The van der Waals surface area contributed by atoms with E-state index in [1.807, 2.05) is 30.3 Å². The Hall–Kier alpha value is -3.74. The second-order valence-electron chi connectivity index (χ2n) is 8.05. The lowest BCUT2D eigenvalue weighted by molar-refractivity contribution is -0.159. The van der Waals surface area contributed by atoms with Crippen LogP contribution in [-0.4, -0.2) is 47.7 Å². The van der Waals surface area contributed by atoms with Crippen molar-refractivity contribution >= 4 is 35.3 Å². The third-order valence-electron chi connectivity index (χ3n) is 5.56. The number of nitrogens with zero attached hydrogens (tertiary/aromatic N) is 1. The molecule has 1 heterocycles. The lowest BCUT2D eigenvalue weighted by Crippen LogP contribution is -2.41. The quantitative estimate of drug-likeness (QED) is 0.396. The third-order valence-corrected chi connectivity index (χ3v) is 5.56. The molecule has 2 aromatic rings. The largest absolute Gasteiger partial charge is 0.452 e. The Bertz CT molecular complexity index is 1040. The maximum absolute atomic E-state index is 12.5. The van der Waals surface area contributed by atoms with E-state index in [1.165, 1.54) is 13.8 Å². The number of carbonyl (C=O) groups excluding carboxylic acids is 4. The average molecular weight is 449 g/mol. The van der Waals surface area contributed by atoms with Gasteiger partial charge < -0.3 is 15.0 Å². The first-order valence-electron chi connectivity index (χ1n) is 11.0. The van der Waals surface area contributed by atoms with Crippen molar-refractivity contribution in [3.8, 4) is 0 Å². The minimum Gasteiger partial charge on any atom is -0.452 e. The van der Waals surface area contributed by atoms with Gasteiger partial charge in [0.2, 0.25) is 5.91 Å². The van der Waals surface area contributed by atoms with Crippen molar-refractivity contribution in [3.05, 3.63) is 71.8 Å². The highest BCUT2D eigenvalue weighted by Gasteiger charge is 2.30. The number of nitrogens with one attached hydrogen (secondary N) is 1. The number of piperidine rings is 1. The second kappa shape index (κ2) is 11.2. The number of benzene rings is 2. The lowest BCUT2D eigenvalue weighted by Gasteiger charge is -2.30. The first-order chi connectivity index (χ1) is 15.8. The Morgan fingerprint density at radius 1 is 1.03 bits per heavy atom. The standard InChI is InChI=1S/C26H28N2O5/c1-18(29)22-9-6-10-23(17-22)27-25(31)19(2)33-26(32)21-13-15-28(16-14-21)24(30)12-11-20-7-4-3-5-8-20/h3-12,17,19,21H,13-16H2,1-2H3,(H,27,31)/b12-11+. The molecular weight excluding hydrogens is 420 g/mol. The number of ether oxygens (including phenoxy) is 1. The predicted octanol–water partition coefficient (Wildman–Crippen LogP) is 3.71. The number of hydrogen-bond acceptors (Lipinski definition) is 5. The normalized spacial score (nSPS) is 15.2. The summed E-state index contributed by atoms with van der Waals surface area (Å²) in [5.74, 6) is -1.47. The van der Waals surface area contributed by atoms with Crippen LogP contribution < -0.4 is 5.32 Å². The van der Waals surface area contributed by atoms with Crippen molar-refractivity contribution in [1.29, 1.82) is 0 Å². The maximum Gasteiger partial charge on any atom is 0.309 e. The van der Waals surface area contributed by atoms with Crippen LogP contribution in [0.2, 0.25) is 0 Å². The molecule has 3 rings (SSSR count). The van der Waals surface area contributed by atoms with E-state index in [0.717, 1.165) is 5.56 Å². The van der Waals surface area contributed by atoms with Crippen molar-refractivity contribution in [1.82, 2.24) is 4.90 Å². The Morgan fingerprint density at radius 3 is 2.39 bits per heavy atom. The number of esters is 1. The van der Waals surface area contributed by atoms with Crippen molar-refractivity contribution in [3.63, 3.8) is 0 Å². The topological polar surface area (TPSA) is 92.8 Å². The molecule has 0 aromatic heterocycles. The van der Waals surface area contributed by atoms with Crippen molar-refractivity contribution in [2.24, 2.45) is 5.92 Å². The van der Waals surface area contributed by atoms with Gasteiger partial charge >= 0.3 is 5.97 Å². The van der Waals surface area contributed by atoms with Gasteiger partial charge in [0.1, 0.15) is 0 Å². The van der Waals surface area contributed by atoms with Gasteiger partial charge in [-0.15, -0.1) is 0 Å². The molecule has 7 heteroatoms. The van der Waals surface area contributed by atoms with Crippen LogP contribution in [0.3, 0.4) is 0 Å². The number of ketones is 1. The molecule has 0 radical (unpaired) electrons. The smallest absolute Gasteiger partial charge is 0.309 e. The molecule has 33 heavy (non-hydrogen) atoms. The number of anilines is 1. The zero-order chi connectivity index (χ0) is 23.8. The third kappa shape index (κ3) is 6.87. The summed E-state index contributed by atoms with van der Waals surface area (Å²) in [7, 11) is 0. The number of hydrogen-bond donors (Lipinski definition) is 1. The molecule has 2 aromatic carbocycles. The molecule has 1 unspecified atom stereocenters. The summed E-state index contributed by atoms with van der Waals surface area (Å²) in [6, 6.07) is 16.2. The van der Waals surface area contributed by atoms with E-state index < -0.39 is 18.0 Å². The Balaban J connectivity index is 1.46. The fourth-order valence-corrected chi connectivity index (χ4v) is 3.56. The highest BCUT2D eigenvalue weighted by molar-refractivity contribution is 5.98. The van der Waals surface area contributed by atoms with Crippen LogP contribution in [0, 0.1) is 5.92 Å². The van der Waals surface area contributed by atoms with E-state index >= 15 is 0 Å². The Kier molecular flexibility index (Phi) is 8.13. The van der Waals surface area contributed by atoms with Gasteiger partial charge in [0.15, 0.2) is 11.9 Å². The molecule has 2 amide bonds. The van der Waals surface area contributed by atoms with Crippen molar-refractivity contribution in [2.75, 3.05) is 18.4 Å². The molecule has 172 valence electrons. The molecule has 1 saturated heterocycles. The molecule has 7 nitrogen and oxygen atoms in total. The van der Waals surface area contributed by atoms with Gasteiger partial charge in [-0.25, -0.2) is 0 Å². The van der Waals surface area contributed by atoms with E-state index in [2.05, 4.69) is 5.32 Å². The Labute approximate surface area is 193 Å². The van der Waals surface area contributed by atoms with E-state index in [1.54, 1.807) is 41.3 Å². The van der Waals surface area contributed by atoms with Crippen LogP contribution in [0.4, 0.5) is 5.69 Å². The number of likely N-dealkylation sites (tertiary alicyclic amines) is 1. The second-order valence-corrected chi connectivity index (χ2v) is 8.05. The molecule has 1 fully saturated rings. The first kappa shape index (κ1) is 23.9. The predicted molar refractivity (Wildman–Crippen MR) is 125 cm³/mol. The Morgan fingerprint density at radius 2 is 1.73 bits per heavy atom. The highest BCUT2D eigenvalue weighted by atomic mass is 16.5. The van der Waals surface area contributed by atoms with Crippen LogP contribution in [0.15, 0.2) is 60.7 Å². The summed E-state index contributed by atoms with van der Waals surface area (Å²) < 4.78 is 5.37. The summed E-state index contributed by atoms with van der Waals surface area (Å²) in [5, 5.41) is 2.67. The SMILES string of the molecule is CC(=O)c1cccc(NC(=O)C(C)OC(=O)C2CCN(C(=O)/C=C/c3ccccc3)CC2)c1. The van der Waals surface area contributed by atoms with Crippen LogP contribution in [0.5, 0.6) is 0 Å². The number of amides is 2. The van der Waals surface area contributed by atoms with Crippen LogP contribution >= 0.6 is 0 Å². The summed E-state index contributed by atoms with van der Waals surface area (Å²) in [4.78, 5) is 50.5. The molecule has 0 aliphatic carbocycles. The van der Waals surface area contributed by atoms with E-state index in [-0.39, 0.29) is 17.6 Å². The zero-order valence-corrected chi connectivity index (χ0v) is 18.8. The molecule has 1 N–H and O–H groups in total. The van der Waals surface area contributed by atoms with Gasteiger partial charge in [-0.3, -0.25) is 19.2 Å². The molecule has 1 aliphatic rings. The van der Waals surface area contributed by atoms with Crippen molar-refractivity contribution < 1.29 is 23.9 Å². The van der Waals surface area contributed by atoms with Crippen molar-refractivity contribution in [2.45, 2.75) is 32.8 Å². The van der Waals surface area contributed by atoms with E-state index in [4.69, 9.17) is 4.74 Å². The average Bonchev–Trinajstić information content (AvgIpc) is 2.83. The van der Waals surface area contributed by atoms with Gasteiger partial charge in [0, 0.05) is 30.4 Å². The van der Waals surface area contributed by atoms with Crippen LogP contribution in [0.25, 0.3) is 6.08 Å². The van der Waals surface area contributed by atoms with E-state index in [0.29, 0.717) is 37.2 Å². The summed E-state index contributed by atoms with van der Waals surface area (Å²) in [6.45, 7) is 3.87. The molecule has 1 atom stereocenters. The number of rotatable bonds is 7. The van der Waals surface area contributed by atoms with Gasteiger partial charge in [-0.05, 0) is 50.5 Å². The zero-order valence-electron chi connectivity index (χ0n) is 18.8. The molecular formula is C26H28N2O5. The highest BCUT2D eigenvalue weighted by Crippen LogP contribution is 2.20. The van der Waals surface area contributed by atoms with Gasteiger partial charge in [0.25, 0.3) is 5.91 Å². The lowest BCUT2D eigenvalue weighted by atomic mass is 9.97. The minimum absolute atomic E-state index is 0.0915. The maximum atomic E-state index is 12.5. The fraction of sp³-hybridized carbons (Fsp3) is 0.308. The summed E-state index contributed by atoms with van der Waals surface area (Å²) in [6.07, 6.45) is 3.31. The minimum atomic E-state index is -0.980. The fourth-order valence-electron chi connectivity index (χ4n) is 3.56. The summed E-state index contributed by atoms with van der Waals surface area (Å²) in [5.41, 5.74) is 1.90. The number of Topliss-reactive ketones (excluding diaryl/α,β-unsaturated/α-hetero) is 1. The number of carbonyl (C=O) groups is 4. The van der Waals surface area contributed by atoms with Crippen LogP contribution in [0.1, 0.15) is 42.6 Å². The molecule has 0 spiro atoms. The summed E-state index contributed by atoms with van der Waals surface area (Å²) >= 11 is 0. The molecule has 1 aliphatic heterocycles. The first-order valence-corrected chi connectivity index (χ1v) is 11.0. The van der Waals surface area contributed by atoms with Gasteiger partial charge in [-0.1, -0.05) is 42.5 Å². The molecule has 0 saturated carbocycles. The van der Waals surface area contributed by atoms with E-state index in [9.17, 15) is 19.2 Å². The molecule has 0 bridgehead atoms. The van der Waals surface area contributed by atoms with Gasteiger partial charge in [-0.2, -0.15) is 0 Å². The monoisotopic (exact) mass is 448 g/mol. The van der Waals surface area contributed by atoms with Crippen LogP contribution in [-0.2, 0) is 19.1 Å². The van der Waals surface area contributed by atoms with Gasteiger partial charge in [0.05, 0.1) is 5.92 Å².